The molecule has 4 aromatic carbocycles. The average molecular weight is 602 g/mol. The number of nitrogens with zero attached hydrogens (tertiary/aromatic N) is 2. The zero-order valence-corrected chi connectivity index (χ0v) is 26.0. The molecule has 0 bridgehead atoms. The number of para-hydroxylation sites is 1. The van der Waals surface area contributed by atoms with Crippen LogP contribution >= 0.6 is 0 Å². The quantitative estimate of drug-likeness (QED) is 0.159. The van der Waals surface area contributed by atoms with Crippen LogP contribution in [0.2, 0.25) is 0 Å². The summed E-state index contributed by atoms with van der Waals surface area (Å²) in [5.41, 5.74) is 6.38. The summed E-state index contributed by atoms with van der Waals surface area (Å²) in [6, 6.07) is 28.8. The first-order valence-electron chi connectivity index (χ1n) is 15.5. The highest BCUT2D eigenvalue weighted by molar-refractivity contribution is 6.04. The number of likely N-dealkylation sites (tertiary alicyclic amines) is 1. The number of benzene rings is 4. The fraction of sp³-hybridized carbons (Fsp3) is 0.243. The Balaban J connectivity index is 1.10. The highest BCUT2D eigenvalue weighted by atomic mass is 16.5. The molecule has 0 radical (unpaired) electrons. The summed E-state index contributed by atoms with van der Waals surface area (Å²) in [6.07, 6.45) is 4.78. The molecule has 0 unspecified atom stereocenters. The van der Waals surface area contributed by atoms with Gasteiger partial charge in [0.2, 0.25) is 0 Å². The van der Waals surface area contributed by atoms with E-state index in [1.54, 1.807) is 24.3 Å². The Hall–Kier alpha value is -5.08. The van der Waals surface area contributed by atoms with Gasteiger partial charge < -0.3 is 25.3 Å². The van der Waals surface area contributed by atoms with E-state index in [4.69, 9.17) is 4.74 Å². The Morgan fingerprint density at radius 2 is 1.56 bits per heavy atom. The summed E-state index contributed by atoms with van der Waals surface area (Å²) in [5.74, 6) is 1.12. The van der Waals surface area contributed by atoms with Crippen LogP contribution in [0.15, 0.2) is 97.2 Å². The second kappa shape index (κ2) is 13.3. The molecule has 8 nitrogen and oxygen atoms in total. The Labute approximate surface area is 264 Å². The van der Waals surface area contributed by atoms with E-state index in [1.165, 1.54) is 29.3 Å². The topological polar surface area (TPSA) is 87.6 Å². The maximum Gasteiger partial charge on any atom is 0.319 e. The molecule has 1 aromatic heterocycles. The van der Waals surface area contributed by atoms with Crippen molar-refractivity contribution in [2.75, 3.05) is 23.7 Å². The number of aryl methyl sites for hydroxylation is 1. The van der Waals surface area contributed by atoms with E-state index in [9.17, 15) is 9.59 Å². The SMILES string of the molecule is Cc1cc(Oc2ccc(NC(=O)NC(C)C)cc2)ccc1NC(=O)c1ccc(-n2cc(CN3CCCC3)c3ccccc32)cc1. The van der Waals surface area contributed by atoms with Crippen LogP contribution in [0.5, 0.6) is 11.5 Å². The lowest BCUT2D eigenvalue weighted by atomic mass is 10.1. The van der Waals surface area contributed by atoms with E-state index in [-0.39, 0.29) is 18.0 Å². The monoisotopic (exact) mass is 601 g/mol. The molecule has 8 heteroatoms. The van der Waals surface area contributed by atoms with Gasteiger partial charge in [-0.05, 0) is 131 Å². The summed E-state index contributed by atoms with van der Waals surface area (Å²) < 4.78 is 8.23. The molecular formula is C37H39N5O3. The summed E-state index contributed by atoms with van der Waals surface area (Å²) in [7, 11) is 0. The van der Waals surface area contributed by atoms with Gasteiger partial charge in [0.15, 0.2) is 0 Å². The Morgan fingerprint density at radius 1 is 0.844 bits per heavy atom. The van der Waals surface area contributed by atoms with Crippen molar-refractivity contribution in [2.24, 2.45) is 0 Å². The number of amides is 3. The third-order valence-electron chi connectivity index (χ3n) is 8.01. The van der Waals surface area contributed by atoms with E-state index in [0.29, 0.717) is 22.7 Å². The second-order valence-corrected chi connectivity index (χ2v) is 11.9. The Bertz CT molecular complexity index is 1800. The Kier molecular flexibility index (Phi) is 8.84. The molecule has 5 aromatic rings. The molecule has 0 spiro atoms. The second-order valence-electron chi connectivity index (χ2n) is 11.9. The van der Waals surface area contributed by atoms with Gasteiger partial charge in [0.25, 0.3) is 5.91 Å². The van der Waals surface area contributed by atoms with Crippen LogP contribution in [0.1, 0.15) is 48.2 Å². The third kappa shape index (κ3) is 7.19. The number of ether oxygens (including phenoxy) is 1. The zero-order chi connectivity index (χ0) is 31.3. The van der Waals surface area contributed by atoms with Crippen molar-refractivity contribution in [2.45, 2.75) is 46.2 Å². The number of carbonyl (C=O) groups is 2. The number of anilines is 2. The molecule has 0 atom stereocenters. The summed E-state index contributed by atoms with van der Waals surface area (Å²) in [5, 5.41) is 9.90. The van der Waals surface area contributed by atoms with Crippen molar-refractivity contribution in [3.05, 3.63) is 114 Å². The number of carbonyl (C=O) groups excluding carboxylic acids is 2. The van der Waals surface area contributed by atoms with Gasteiger partial charge in [-0.1, -0.05) is 18.2 Å². The van der Waals surface area contributed by atoms with Crippen molar-refractivity contribution in [3.63, 3.8) is 0 Å². The number of hydrogen-bond acceptors (Lipinski definition) is 4. The molecule has 0 aliphatic carbocycles. The van der Waals surface area contributed by atoms with Crippen LogP contribution in [0.25, 0.3) is 16.6 Å². The maximum atomic E-state index is 13.2. The summed E-state index contributed by atoms with van der Waals surface area (Å²) in [4.78, 5) is 27.6. The highest BCUT2D eigenvalue weighted by Gasteiger charge is 2.17. The normalized spacial score (nSPS) is 13.2. The minimum atomic E-state index is -0.251. The molecule has 0 saturated carbocycles. The van der Waals surface area contributed by atoms with Gasteiger partial charge in [-0.2, -0.15) is 0 Å². The zero-order valence-electron chi connectivity index (χ0n) is 26.0. The minimum Gasteiger partial charge on any atom is -0.457 e. The first-order chi connectivity index (χ1) is 21.8. The predicted octanol–water partition coefficient (Wildman–Crippen LogP) is 8.11. The number of rotatable bonds is 9. The summed E-state index contributed by atoms with van der Waals surface area (Å²) >= 11 is 0. The van der Waals surface area contributed by atoms with Crippen molar-refractivity contribution >= 4 is 34.2 Å². The fourth-order valence-electron chi connectivity index (χ4n) is 5.75. The van der Waals surface area contributed by atoms with Gasteiger partial charge in [-0.3, -0.25) is 9.69 Å². The standard InChI is InChI=1S/C37H39N5O3/c1-25(2)38-37(44)39-29-12-16-31(17-13-29)45-32-18-19-34(26(3)22-32)40-36(43)27-10-14-30(15-11-27)42-24-28(23-41-20-6-7-21-41)33-8-4-5-9-35(33)42/h4-5,8-19,22,24-25H,6-7,20-21,23H2,1-3H3,(H,40,43)(H2,38,39,44). The lowest BCUT2D eigenvalue weighted by Crippen LogP contribution is -2.34. The first-order valence-corrected chi connectivity index (χ1v) is 15.5. The van der Waals surface area contributed by atoms with E-state index in [1.807, 2.05) is 63.2 Å². The van der Waals surface area contributed by atoms with Crippen LogP contribution in [-0.2, 0) is 6.54 Å². The van der Waals surface area contributed by atoms with Gasteiger partial charge in [0, 0.05) is 46.8 Å². The van der Waals surface area contributed by atoms with E-state index in [0.717, 1.165) is 36.6 Å². The van der Waals surface area contributed by atoms with Crippen LogP contribution in [-0.4, -0.2) is 40.5 Å². The van der Waals surface area contributed by atoms with Gasteiger partial charge in [-0.25, -0.2) is 4.79 Å². The molecule has 1 fully saturated rings. The van der Waals surface area contributed by atoms with Crippen LogP contribution in [0, 0.1) is 6.92 Å². The number of fused-ring (bicyclic) bond motifs is 1. The number of urea groups is 1. The van der Waals surface area contributed by atoms with Crippen molar-refractivity contribution in [1.29, 1.82) is 0 Å². The van der Waals surface area contributed by atoms with E-state index in [2.05, 4.69) is 55.9 Å². The molecule has 45 heavy (non-hydrogen) atoms. The molecule has 1 saturated heterocycles. The highest BCUT2D eigenvalue weighted by Crippen LogP contribution is 2.29. The molecule has 3 N–H and O–H groups in total. The molecule has 6 rings (SSSR count). The number of nitrogens with one attached hydrogen (secondary N) is 3. The number of hydrogen-bond donors (Lipinski definition) is 3. The molecule has 2 heterocycles. The van der Waals surface area contributed by atoms with Gasteiger partial charge >= 0.3 is 6.03 Å². The van der Waals surface area contributed by atoms with E-state index >= 15 is 0 Å². The van der Waals surface area contributed by atoms with Crippen LogP contribution < -0.4 is 20.7 Å². The maximum absolute atomic E-state index is 13.2. The Morgan fingerprint density at radius 3 is 2.27 bits per heavy atom. The van der Waals surface area contributed by atoms with Gasteiger partial charge in [0.1, 0.15) is 11.5 Å². The molecule has 230 valence electrons. The molecular weight excluding hydrogens is 562 g/mol. The van der Waals surface area contributed by atoms with Crippen LogP contribution in [0.3, 0.4) is 0 Å². The fourth-order valence-corrected chi connectivity index (χ4v) is 5.75. The first kappa shape index (κ1) is 30.0. The largest absolute Gasteiger partial charge is 0.457 e. The molecule has 3 amide bonds. The molecule has 1 aliphatic rings. The van der Waals surface area contributed by atoms with Crippen LogP contribution in [0.4, 0.5) is 16.2 Å². The van der Waals surface area contributed by atoms with Crippen molar-refractivity contribution in [1.82, 2.24) is 14.8 Å². The minimum absolute atomic E-state index is 0.0541. The van der Waals surface area contributed by atoms with Crippen molar-refractivity contribution < 1.29 is 14.3 Å². The van der Waals surface area contributed by atoms with Gasteiger partial charge in [-0.15, -0.1) is 0 Å². The smallest absolute Gasteiger partial charge is 0.319 e. The number of aromatic nitrogens is 1. The predicted molar refractivity (Wildman–Crippen MR) is 181 cm³/mol. The summed E-state index contributed by atoms with van der Waals surface area (Å²) in [6.45, 7) is 9.02. The van der Waals surface area contributed by atoms with Gasteiger partial charge in [0.05, 0.1) is 5.52 Å². The third-order valence-corrected chi connectivity index (χ3v) is 8.01. The van der Waals surface area contributed by atoms with E-state index < -0.39 is 0 Å². The molecule has 1 aliphatic heterocycles. The average Bonchev–Trinajstić information content (AvgIpc) is 3.68. The lowest BCUT2D eigenvalue weighted by molar-refractivity contribution is 0.102. The van der Waals surface area contributed by atoms with Crippen molar-refractivity contribution in [3.8, 4) is 17.2 Å². The lowest BCUT2D eigenvalue weighted by Gasteiger charge is -2.13.